The first-order valence-corrected chi connectivity index (χ1v) is 9.05. The van der Waals surface area contributed by atoms with Crippen molar-refractivity contribution in [2.45, 2.75) is 58.8 Å². The Kier molecular flexibility index (Phi) is 4.78. The van der Waals surface area contributed by atoms with E-state index in [4.69, 9.17) is 9.47 Å². The highest BCUT2D eigenvalue weighted by atomic mass is 16.7. The minimum absolute atomic E-state index is 0.0455. The number of nitrogens with zero attached hydrogens (tertiary/aromatic N) is 2. The Hall–Kier alpha value is -1.65. The second-order valence-corrected chi connectivity index (χ2v) is 8.87. The summed E-state index contributed by atoms with van der Waals surface area (Å²) in [6, 6.07) is 8.71. The van der Waals surface area contributed by atoms with E-state index in [0.29, 0.717) is 13.2 Å². The topological polar surface area (TPSA) is 36.3 Å². The maximum Gasteiger partial charge on any atom is 0.196 e. The standard InChI is InChI=1S/C21H30N2O2/c1-19(2,3)17-6-8-18(9-7-17)21(10-12-23-13-11-22-16-23)24-14-20(4,5)15-25-21/h6-9,11,13,16H,10,12,14-15H2,1-5H3. The van der Waals surface area contributed by atoms with Crippen LogP contribution in [-0.4, -0.2) is 22.8 Å². The molecular weight excluding hydrogens is 312 g/mol. The van der Waals surface area contributed by atoms with Crippen LogP contribution in [0.3, 0.4) is 0 Å². The van der Waals surface area contributed by atoms with E-state index in [2.05, 4.69) is 68.4 Å². The van der Waals surface area contributed by atoms with Crippen LogP contribution in [0.2, 0.25) is 0 Å². The second-order valence-electron chi connectivity index (χ2n) is 8.87. The second kappa shape index (κ2) is 6.58. The molecule has 1 fully saturated rings. The first kappa shape index (κ1) is 18.2. The van der Waals surface area contributed by atoms with E-state index in [0.717, 1.165) is 18.5 Å². The van der Waals surface area contributed by atoms with E-state index in [9.17, 15) is 0 Å². The van der Waals surface area contributed by atoms with Gasteiger partial charge < -0.3 is 14.0 Å². The van der Waals surface area contributed by atoms with Crippen molar-refractivity contribution in [2.24, 2.45) is 5.41 Å². The van der Waals surface area contributed by atoms with Gasteiger partial charge in [0.1, 0.15) is 0 Å². The van der Waals surface area contributed by atoms with Crippen molar-refractivity contribution in [2.75, 3.05) is 13.2 Å². The van der Waals surface area contributed by atoms with Crippen LogP contribution in [0, 0.1) is 5.41 Å². The van der Waals surface area contributed by atoms with Crippen LogP contribution < -0.4 is 0 Å². The number of hydrogen-bond acceptors (Lipinski definition) is 3. The number of aromatic nitrogens is 2. The molecule has 0 aliphatic carbocycles. The minimum Gasteiger partial charge on any atom is -0.345 e. The monoisotopic (exact) mass is 342 g/mol. The fraction of sp³-hybridized carbons (Fsp3) is 0.571. The Morgan fingerprint density at radius 3 is 2.24 bits per heavy atom. The lowest BCUT2D eigenvalue weighted by molar-refractivity contribution is -0.312. The van der Waals surface area contributed by atoms with E-state index in [1.165, 1.54) is 5.56 Å². The summed E-state index contributed by atoms with van der Waals surface area (Å²) in [5, 5.41) is 0. The summed E-state index contributed by atoms with van der Waals surface area (Å²) in [5.74, 6) is -0.684. The van der Waals surface area contributed by atoms with E-state index >= 15 is 0 Å². The molecule has 0 unspecified atom stereocenters. The van der Waals surface area contributed by atoms with Gasteiger partial charge in [-0.15, -0.1) is 0 Å². The maximum absolute atomic E-state index is 6.33. The molecule has 1 saturated heterocycles. The molecule has 0 atom stereocenters. The predicted octanol–water partition coefficient (Wildman–Crippen LogP) is 4.50. The van der Waals surface area contributed by atoms with E-state index in [-0.39, 0.29) is 10.8 Å². The van der Waals surface area contributed by atoms with Gasteiger partial charge in [0.15, 0.2) is 5.79 Å². The third-order valence-electron chi connectivity index (χ3n) is 4.84. The summed E-state index contributed by atoms with van der Waals surface area (Å²) in [6.07, 6.45) is 6.37. The lowest BCUT2D eigenvalue weighted by Gasteiger charge is -2.44. The number of benzene rings is 1. The van der Waals surface area contributed by atoms with Crippen LogP contribution in [0.5, 0.6) is 0 Å². The zero-order valence-electron chi connectivity index (χ0n) is 16.1. The van der Waals surface area contributed by atoms with Crippen LogP contribution in [0.15, 0.2) is 43.0 Å². The minimum atomic E-state index is -0.684. The summed E-state index contributed by atoms with van der Waals surface area (Å²) in [5.41, 5.74) is 2.59. The van der Waals surface area contributed by atoms with Crippen LogP contribution in [0.25, 0.3) is 0 Å². The molecule has 1 aliphatic rings. The molecule has 3 rings (SSSR count). The number of hydrogen-bond donors (Lipinski definition) is 0. The first-order chi connectivity index (χ1) is 11.7. The van der Waals surface area contributed by atoms with Crippen molar-refractivity contribution in [3.05, 3.63) is 54.1 Å². The Morgan fingerprint density at radius 1 is 1.08 bits per heavy atom. The van der Waals surface area contributed by atoms with Gasteiger partial charge in [-0.1, -0.05) is 58.9 Å². The molecule has 1 aromatic heterocycles. The largest absolute Gasteiger partial charge is 0.345 e. The van der Waals surface area contributed by atoms with Crippen molar-refractivity contribution in [1.82, 2.24) is 9.55 Å². The number of imidazole rings is 1. The maximum atomic E-state index is 6.33. The van der Waals surface area contributed by atoms with Gasteiger partial charge in [0, 0.05) is 36.3 Å². The van der Waals surface area contributed by atoms with Crippen molar-refractivity contribution in [1.29, 1.82) is 0 Å². The Bertz CT molecular complexity index is 672. The summed E-state index contributed by atoms with van der Waals surface area (Å²) in [6.45, 7) is 13.2. The van der Waals surface area contributed by atoms with Gasteiger partial charge >= 0.3 is 0 Å². The predicted molar refractivity (Wildman–Crippen MR) is 99.3 cm³/mol. The molecule has 25 heavy (non-hydrogen) atoms. The summed E-state index contributed by atoms with van der Waals surface area (Å²) < 4.78 is 14.7. The van der Waals surface area contributed by atoms with Crippen molar-refractivity contribution in [3.63, 3.8) is 0 Å². The summed E-state index contributed by atoms with van der Waals surface area (Å²) in [4.78, 5) is 4.12. The van der Waals surface area contributed by atoms with Crippen molar-refractivity contribution < 1.29 is 9.47 Å². The summed E-state index contributed by atoms with van der Waals surface area (Å²) >= 11 is 0. The zero-order chi connectivity index (χ0) is 18.1. The van der Waals surface area contributed by atoms with Gasteiger partial charge in [0.2, 0.25) is 0 Å². The highest BCUT2D eigenvalue weighted by molar-refractivity contribution is 5.30. The zero-order valence-corrected chi connectivity index (χ0v) is 16.1. The van der Waals surface area contributed by atoms with Gasteiger partial charge in [-0.3, -0.25) is 0 Å². The van der Waals surface area contributed by atoms with Crippen LogP contribution in [-0.2, 0) is 27.2 Å². The van der Waals surface area contributed by atoms with Gasteiger partial charge in [0.05, 0.1) is 19.5 Å². The normalized spacial score (nSPS) is 19.7. The number of rotatable bonds is 4. The quantitative estimate of drug-likeness (QED) is 0.821. The van der Waals surface area contributed by atoms with E-state index < -0.39 is 5.79 Å². The molecule has 2 heterocycles. The lowest BCUT2D eigenvalue weighted by atomic mass is 9.85. The Morgan fingerprint density at radius 2 is 1.72 bits per heavy atom. The lowest BCUT2D eigenvalue weighted by Crippen LogP contribution is -2.46. The molecule has 1 aromatic carbocycles. The Labute approximate surface area is 151 Å². The SMILES string of the molecule is CC1(C)COC(CCn2ccnc2)(c2ccc(C(C)(C)C)cc2)OC1. The molecule has 4 heteroatoms. The van der Waals surface area contributed by atoms with Gasteiger partial charge in [0.25, 0.3) is 0 Å². The molecule has 0 radical (unpaired) electrons. The molecule has 0 bridgehead atoms. The molecule has 0 amide bonds. The van der Waals surface area contributed by atoms with Gasteiger partial charge in [-0.25, -0.2) is 4.98 Å². The van der Waals surface area contributed by atoms with E-state index in [1.54, 1.807) is 6.20 Å². The Balaban J connectivity index is 1.85. The van der Waals surface area contributed by atoms with Crippen LogP contribution >= 0.6 is 0 Å². The average molecular weight is 342 g/mol. The van der Waals surface area contributed by atoms with Gasteiger partial charge in [-0.05, 0) is 11.0 Å². The molecule has 0 spiro atoms. The molecule has 0 saturated carbocycles. The third-order valence-corrected chi connectivity index (χ3v) is 4.84. The highest BCUT2D eigenvalue weighted by Crippen LogP contribution is 2.40. The smallest absolute Gasteiger partial charge is 0.196 e. The van der Waals surface area contributed by atoms with Crippen molar-refractivity contribution in [3.8, 4) is 0 Å². The number of ether oxygens (including phenoxy) is 2. The molecule has 0 N–H and O–H groups in total. The molecule has 4 nitrogen and oxygen atoms in total. The summed E-state index contributed by atoms with van der Waals surface area (Å²) in [7, 11) is 0. The first-order valence-electron chi connectivity index (χ1n) is 9.05. The molecular formula is C21H30N2O2. The van der Waals surface area contributed by atoms with Crippen molar-refractivity contribution >= 4 is 0 Å². The third kappa shape index (κ3) is 4.13. The highest BCUT2D eigenvalue weighted by Gasteiger charge is 2.42. The van der Waals surface area contributed by atoms with E-state index in [1.807, 2.05) is 12.5 Å². The average Bonchev–Trinajstić information content (AvgIpc) is 3.07. The molecule has 2 aromatic rings. The number of aryl methyl sites for hydroxylation is 1. The fourth-order valence-corrected chi connectivity index (χ4v) is 3.08. The fourth-order valence-electron chi connectivity index (χ4n) is 3.08. The van der Waals surface area contributed by atoms with Gasteiger partial charge in [-0.2, -0.15) is 0 Å². The van der Waals surface area contributed by atoms with Crippen LogP contribution in [0.1, 0.15) is 52.2 Å². The van der Waals surface area contributed by atoms with Crippen LogP contribution in [0.4, 0.5) is 0 Å². The molecule has 136 valence electrons. The molecule has 1 aliphatic heterocycles.